The number of benzene rings is 5. The Bertz CT molecular complexity index is 2060. The first-order valence-electron chi connectivity index (χ1n) is 16.4. The van der Waals surface area contributed by atoms with Crippen molar-refractivity contribution in [2.75, 3.05) is 0 Å². The number of rotatable bonds is 11. The highest BCUT2D eigenvalue weighted by atomic mass is 32.1. The van der Waals surface area contributed by atoms with Gasteiger partial charge in [0.25, 0.3) is 0 Å². The van der Waals surface area contributed by atoms with E-state index in [4.69, 9.17) is 0 Å². The first-order valence-corrected chi connectivity index (χ1v) is 18.0. The van der Waals surface area contributed by atoms with Crippen LogP contribution in [0.15, 0.2) is 127 Å². The Morgan fingerprint density at radius 3 is 1.24 bits per heavy atom. The van der Waals surface area contributed by atoms with E-state index in [-0.39, 0.29) is 0 Å². The zero-order valence-electron chi connectivity index (χ0n) is 25.5. The van der Waals surface area contributed by atoms with Gasteiger partial charge < -0.3 is 0 Å². The smallest absolute Gasteiger partial charge is 0.110 e. The van der Waals surface area contributed by atoms with Crippen molar-refractivity contribution in [3.8, 4) is 5.69 Å². The molecule has 3 heterocycles. The van der Waals surface area contributed by atoms with Crippen molar-refractivity contribution in [1.82, 2.24) is 4.57 Å². The van der Waals surface area contributed by atoms with Crippen LogP contribution in [0.5, 0.6) is 0 Å². The van der Waals surface area contributed by atoms with E-state index in [1.54, 1.807) is 0 Å². The second-order valence-corrected chi connectivity index (χ2v) is 14.3. The van der Waals surface area contributed by atoms with Gasteiger partial charge >= 0.3 is 0 Å². The molecule has 3 heteroatoms. The molecule has 0 N–H and O–H groups in total. The summed E-state index contributed by atoms with van der Waals surface area (Å²) in [5.41, 5.74) is 7.04. The van der Waals surface area contributed by atoms with Crippen LogP contribution in [-0.2, 0) is 25.7 Å². The van der Waals surface area contributed by atoms with Crippen molar-refractivity contribution >= 4 is 63.3 Å². The quantitative estimate of drug-likeness (QED) is 0.127. The van der Waals surface area contributed by atoms with E-state index in [0.29, 0.717) is 0 Å². The summed E-state index contributed by atoms with van der Waals surface area (Å²) < 4.78 is 5.34. The molecule has 0 aliphatic heterocycles. The lowest BCUT2D eigenvalue weighted by molar-refractivity contribution is 0.735. The minimum absolute atomic E-state index is 1.13. The molecule has 222 valence electrons. The molecule has 5 aromatic carbocycles. The maximum atomic E-state index is 2.53. The Morgan fingerprint density at radius 2 is 0.800 bits per heavy atom. The van der Waals surface area contributed by atoms with Gasteiger partial charge in [0.05, 0.1) is 0 Å². The lowest BCUT2D eigenvalue weighted by atomic mass is 10.0. The zero-order chi connectivity index (χ0) is 30.0. The lowest BCUT2D eigenvalue weighted by Gasteiger charge is -2.04. The highest BCUT2D eigenvalue weighted by molar-refractivity contribution is 7.28. The number of hydrogen-bond donors (Lipinski definition) is 0. The first kappa shape index (κ1) is 28.3. The summed E-state index contributed by atoms with van der Waals surface area (Å²) in [6, 6.07) is 47.2. The highest BCUT2D eigenvalue weighted by Gasteiger charge is 2.22. The van der Waals surface area contributed by atoms with Gasteiger partial charge in [-0.3, -0.25) is 4.57 Å². The van der Waals surface area contributed by atoms with Gasteiger partial charge in [-0.1, -0.05) is 103 Å². The van der Waals surface area contributed by atoms with E-state index in [0.717, 1.165) is 25.7 Å². The second kappa shape index (κ2) is 12.7. The van der Waals surface area contributed by atoms with Crippen molar-refractivity contribution in [3.63, 3.8) is 0 Å². The number of nitrogens with zero attached hydrogens (tertiary/aromatic N) is 1. The average Bonchev–Trinajstić information content (AvgIpc) is 3.73. The number of aromatic nitrogens is 1. The van der Waals surface area contributed by atoms with Crippen LogP contribution in [0.4, 0.5) is 0 Å². The van der Waals surface area contributed by atoms with Gasteiger partial charge in [0, 0.05) is 36.6 Å². The topological polar surface area (TPSA) is 4.93 Å². The van der Waals surface area contributed by atoms with Gasteiger partial charge in [-0.25, -0.2) is 0 Å². The third-order valence-corrected chi connectivity index (χ3v) is 11.5. The van der Waals surface area contributed by atoms with Gasteiger partial charge in [0.2, 0.25) is 0 Å². The number of para-hydroxylation sites is 1. The Balaban J connectivity index is 1.11. The normalized spacial score (nSPS) is 11.8. The number of hydrogen-bond acceptors (Lipinski definition) is 2. The fourth-order valence-corrected chi connectivity index (χ4v) is 9.53. The monoisotopic (exact) mass is 619 g/mol. The number of aryl methyl sites for hydroxylation is 4. The van der Waals surface area contributed by atoms with E-state index in [1.807, 2.05) is 22.7 Å². The Kier molecular flexibility index (Phi) is 7.97. The fourth-order valence-electron chi connectivity index (χ4n) is 6.87. The van der Waals surface area contributed by atoms with Crippen molar-refractivity contribution in [1.29, 1.82) is 0 Å². The zero-order valence-corrected chi connectivity index (χ0v) is 27.2. The summed E-state index contributed by atoms with van der Waals surface area (Å²) in [7, 11) is 0. The van der Waals surface area contributed by atoms with Gasteiger partial charge in [0.1, 0.15) is 9.66 Å². The molecule has 3 aromatic heterocycles. The van der Waals surface area contributed by atoms with E-state index in [2.05, 4.69) is 132 Å². The van der Waals surface area contributed by atoms with Gasteiger partial charge in [-0.05, 0) is 97.9 Å². The van der Waals surface area contributed by atoms with E-state index < -0.39 is 0 Å². The first-order chi connectivity index (χ1) is 22.3. The molecule has 45 heavy (non-hydrogen) atoms. The third-order valence-electron chi connectivity index (χ3n) is 9.19. The van der Waals surface area contributed by atoms with Crippen LogP contribution in [0.25, 0.3) is 46.3 Å². The van der Waals surface area contributed by atoms with Gasteiger partial charge in [-0.2, -0.15) is 0 Å². The minimum atomic E-state index is 1.13. The molecular formula is C42H37NS2. The average molecular weight is 620 g/mol. The predicted octanol–water partition coefficient (Wildman–Crippen LogP) is 12.3. The Labute approximate surface area is 273 Å². The lowest BCUT2D eigenvalue weighted by Crippen LogP contribution is -1.89. The van der Waals surface area contributed by atoms with Crippen molar-refractivity contribution in [2.24, 2.45) is 0 Å². The van der Waals surface area contributed by atoms with Gasteiger partial charge in [-0.15, -0.1) is 22.7 Å². The molecule has 0 fully saturated rings. The SMILES string of the molecule is c1ccc(CCCCc2ccc3c(c2)sc2c3c3c4ccc(CCCCc5ccccc5)cc4sc3n2-c2ccccc2)cc1. The molecule has 8 rings (SSSR count). The molecular weight excluding hydrogens is 583 g/mol. The standard InChI is InChI=1S/C42H37NS2/c1-4-14-30(15-5-1)18-10-12-20-32-24-26-35-37(28-32)44-41-39(35)40-36-27-25-33(21-13-11-19-31-16-6-2-7-17-31)29-38(36)45-42(40)43(41)34-22-8-3-9-23-34/h1-9,14-17,22-29H,10-13,18-21H2. The molecule has 0 spiro atoms. The summed E-state index contributed by atoms with van der Waals surface area (Å²) in [4.78, 5) is 2.73. The van der Waals surface area contributed by atoms with E-state index in [1.165, 1.54) is 94.2 Å². The molecule has 0 bridgehead atoms. The van der Waals surface area contributed by atoms with Crippen LogP contribution < -0.4 is 0 Å². The maximum absolute atomic E-state index is 2.53. The molecule has 0 radical (unpaired) electrons. The largest absolute Gasteiger partial charge is 0.292 e. The summed E-state index contributed by atoms with van der Waals surface area (Å²) >= 11 is 3.91. The van der Waals surface area contributed by atoms with E-state index in [9.17, 15) is 0 Å². The molecule has 0 aliphatic carbocycles. The predicted molar refractivity (Wildman–Crippen MR) is 198 cm³/mol. The molecule has 1 nitrogen and oxygen atoms in total. The molecule has 0 saturated carbocycles. The summed E-state index contributed by atoms with van der Waals surface area (Å²) in [6.45, 7) is 0. The van der Waals surface area contributed by atoms with Crippen LogP contribution in [0, 0.1) is 0 Å². The van der Waals surface area contributed by atoms with Crippen molar-refractivity contribution in [3.05, 3.63) is 150 Å². The van der Waals surface area contributed by atoms with Crippen LogP contribution >= 0.6 is 22.7 Å². The molecule has 0 saturated heterocycles. The highest BCUT2D eigenvalue weighted by Crippen LogP contribution is 2.48. The minimum Gasteiger partial charge on any atom is -0.292 e. The van der Waals surface area contributed by atoms with E-state index >= 15 is 0 Å². The Hall–Kier alpha value is -4.18. The van der Waals surface area contributed by atoms with Crippen LogP contribution in [0.1, 0.15) is 47.9 Å². The van der Waals surface area contributed by atoms with Gasteiger partial charge in [0.15, 0.2) is 0 Å². The number of fused-ring (bicyclic) bond motifs is 7. The molecule has 0 atom stereocenters. The molecule has 0 unspecified atom stereocenters. The maximum Gasteiger partial charge on any atom is 0.110 e. The van der Waals surface area contributed by atoms with Crippen LogP contribution in [0.3, 0.4) is 0 Å². The van der Waals surface area contributed by atoms with Crippen molar-refractivity contribution < 1.29 is 0 Å². The Morgan fingerprint density at radius 1 is 0.400 bits per heavy atom. The number of thiophene rings is 2. The summed E-state index contributed by atoms with van der Waals surface area (Å²) in [5, 5.41) is 5.64. The number of unbranched alkanes of at least 4 members (excludes halogenated alkanes) is 2. The summed E-state index contributed by atoms with van der Waals surface area (Å²) in [6.07, 6.45) is 9.47. The van der Waals surface area contributed by atoms with Crippen LogP contribution in [-0.4, -0.2) is 4.57 Å². The molecule has 0 amide bonds. The third kappa shape index (κ3) is 5.72. The molecule has 0 aliphatic rings. The molecule has 8 aromatic rings. The van der Waals surface area contributed by atoms with Crippen molar-refractivity contribution in [2.45, 2.75) is 51.4 Å². The van der Waals surface area contributed by atoms with Crippen LogP contribution in [0.2, 0.25) is 0 Å². The summed E-state index contributed by atoms with van der Waals surface area (Å²) in [5.74, 6) is 0. The fraction of sp³-hybridized carbons (Fsp3) is 0.190. The second-order valence-electron chi connectivity index (χ2n) is 12.3.